The quantitative estimate of drug-likeness (QED) is 0.323. The van der Waals surface area contributed by atoms with Gasteiger partial charge in [0, 0.05) is 30.4 Å². The molecular formula is C25H27N2OP. The Morgan fingerprint density at radius 1 is 0.586 bits per heavy atom. The first-order valence-corrected chi connectivity index (χ1v) is 11.1. The fourth-order valence-corrected chi connectivity index (χ4v) is 5.21. The number of benzene rings is 2. The number of aryl methyl sites for hydroxylation is 3. The maximum atomic E-state index is 6.77. The second-order valence-corrected chi connectivity index (χ2v) is 9.16. The third kappa shape index (κ3) is 3.63. The van der Waals surface area contributed by atoms with Crippen LogP contribution in [0.15, 0.2) is 73.3 Å². The zero-order chi connectivity index (χ0) is 20.5. The maximum absolute atomic E-state index is 6.77. The molecule has 2 aromatic carbocycles. The molecule has 29 heavy (non-hydrogen) atoms. The predicted octanol–water partition coefficient (Wildman–Crippen LogP) is 7.20. The van der Waals surface area contributed by atoms with Gasteiger partial charge in [0.2, 0.25) is 0 Å². The highest BCUT2D eigenvalue weighted by Gasteiger charge is 2.22. The summed E-state index contributed by atoms with van der Waals surface area (Å²) in [5.41, 5.74) is 8.93. The van der Waals surface area contributed by atoms with E-state index in [1.165, 1.54) is 38.9 Å². The fraction of sp³-hybridized carbons (Fsp3) is 0.200. The average molecular weight is 402 g/mol. The van der Waals surface area contributed by atoms with Gasteiger partial charge in [-0.2, -0.15) is 0 Å². The molecule has 0 fully saturated rings. The lowest BCUT2D eigenvalue weighted by Gasteiger charge is -2.24. The van der Waals surface area contributed by atoms with Gasteiger partial charge in [0.25, 0.3) is 0 Å². The Hall–Kier alpha value is -2.77. The summed E-state index contributed by atoms with van der Waals surface area (Å²) in [6, 6.07) is 16.9. The highest BCUT2D eigenvalue weighted by atomic mass is 31.2. The van der Waals surface area contributed by atoms with Crippen molar-refractivity contribution in [3.05, 3.63) is 101 Å². The van der Waals surface area contributed by atoms with E-state index in [1.807, 2.05) is 24.3 Å². The molecule has 0 N–H and O–H groups in total. The van der Waals surface area contributed by atoms with E-state index < -0.39 is 8.45 Å². The molecule has 4 heteroatoms. The van der Waals surface area contributed by atoms with Crippen LogP contribution in [0.3, 0.4) is 0 Å². The zero-order valence-corrected chi connectivity index (χ0v) is 18.6. The topological polar surface area (TPSA) is 19.1 Å². The standard InChI is InChI=1S/C25H27N2OP/c1-18-10-11-20(3)24(21(18)4)25-22(5)19(2)12-13-23(25)28-29(26-14-6-7-15-26)27-16-8-9-17-27/h6-17H,1-5H3. The molecule has 0 unspecified atom stereocenters. The normalized spacial score (nSPS) is 11.2. The molecule has 0 spiro atoms. The highest BCUT2D eigenvalue weighted by Crippen LogP contribution is 2.47. The van der Waals surface area contributed by atoms with Crippen molar-refractivity contribution in [2.24, 2.45) is 0 Å². The highest BCUT2D eigenvalue weighted by molar-refractivity contribution is 7.49. The second-order valence-electron chi connectivity index (χ2n) is 7.55. The molecule has 4 aromatic rings. The third-order valence-electron chi connectivity index (χ3n) is 5.64. The minimum Gasteiger partial charge on any atom is -0.435 e. The van der Waals surface area contributed by atoms with E-state index in [4.69, 9.17) is 4.52 Å². The van der Waals surface area contributed by atoms with Crippen molar-refractivity contribution in [1.29, 1.82) is 0 Å². The Kier molecular flexibility index (Phi) is 5.34. The molecule has 0 saturated heterocycles. The summed E-state index contributed by atoms with van der Waals surface area (Å²) < 4.78 is 11.1. The van der Waals surface area contributed by atoms with Gasteiger partial charge in [-0.15, -0.1) is 0 Å². The lowest BCUT2D eigenvalue weighted by atomic mass is 9.88. The van der Waals surface area contributed by atoms with Gasteiger partial charge in [-0.3, -0.25) is 8.68 Å². The summed E-state index contributed by atoms with van der Waals surface area (Å²) >= 11 is 0. The van der Waals surface area contributed by atoms with Crippen LogP contribution in [0.25, 0.3) is 11.1 Å². The van der Waals surface area contributed by atoms with Crippen LogP contribution in [0.1, 0.15) is 27.8 Å². The smallest absolute Gasteiger partial charge is 0.317 e. The summed E-state index contributed by atoms with van der Waals surface area (Å²) in [6.45, 7) is 10.9. The zero-order valence-electron chi connectivity index (χ0n) is 17.7. The molecule has 0 aliphatic rings. The lowest BCUT2D eigenvalue weighted by molar-refractivity contribution is 0.594. The van der Waals surface area contributed by atoms with Crippen LogP contribution in [0, 0.1) is 34.6 Å². The molecule has 0 bridgehead atoms. The van der Waals surface area contributed by atoms with Crippen LogP contribution in [-0.2, 0) is 0 Å². The Labute approximate surface area is 174 Å². The Morgan fingerprint density at radius 3 is 1.59 bits per heavy atom. The average Bonchev–Trinajstić information content (AvgIpc) is 3.42. The largest absolute Gasteiger partial charge is 0.435 e. The molecule has 2 heterocycles. The lowest BCUT2D eigenvalue weighted by Crippen LogP contribution is -2.06. The number of aromatic nitrogens is 2. The van der Waals surface area contributed by atoms with Crippen molar-refractivity contribution in [3.63, 3.8) is 0 Å². The van der Waals surface area contributed by atoms with Crippen molar-refractivity contribution >= 4 is 8.45 Å². The van der Waals surface area contributed by atoms with Gasteiger partial charge in [-0.05, 0) is 98.3 Å². The van der Waals surface area contributed by atoms with Crippen molar-refractivity contribution in [3.8, 4) is 16.9 Å². The van der Waals surface area contributed by atoms with Crippen LogP contribution in [0.5, 0.6) is 5.75 Å². The molecule has 0 amide bonds. The SMILES string of the molecule is Cc1ccc(C)c(-c2c(OP(n3cccc3)n3cccc3)ccc(C)c2C)c1C. The van der Waals surface area contributed by atoms with E-state index >= 15 is 0 Å². The van der Waals surface area contributed by atoms with E-state index in [9.17, 15) is 0 Å². The van der Waals surface area contributed by atoms with E-state index in [0.29, 0.717) is 0 Å². The van der Waals surface area contributed by atoms with E-state index in [-0.39, 0.29) is 0 Å². The molecule has 0 aliphatic carbocycles. The molecule has 148 valence electrons. The summed E-state index contributed by atoms with van der Waals surface area (Å²) in [4.78, 5) is 0. The van der Waals surface area contributed by atoms with E-state index in [1.54, 1.807) is 0 Å². The van der Waals surface area contributed by atoms with Crippen LogP contribution in [-0.4, -0.2) is 8.68 Å². The van der Waals surface area contributed by atoms with Gasteiger partial charge < -0.3 is 4.52 Å². The fourth-order valence-electron chi connectivity index (χ4n) is 3.69. The Balaban J connectivity index is 1.90. The summed E-state index contributed by atoms with van der Waals surface area (Å²) in [5, 5.41) is 0. The first kappa shape index (κ1) is 19.5. The van der Waals surface area contributed by atoms with Gasteiger partial charge in [0.15, 0.2) is 0 Å². The monoisotopic (exact) mass is 402 g/mol. The van der Waals surface area contributed by atoms with Crippen molar-refractivity contribution < 1.29 is 4.52 Å². The minimum atomic E-state index is -1.08. The molecule has 0 saturated carbocycles. The minimum absolute atomic E-state index is 0.929. The van der Waals surface area contributed by atoms with Gasteiger partial charge in [0.1, 0.15) is 5.75 Å². The summed E-state index contributed by atoms with van der Waals surface area (Å²) in [5.74, 6) is 0.929. The molecule has 4 rings (SSSR count). The van der Waals surface area contributed by atoms with Gasteiger partial charge in [0.05, 0.1) is 0 Å². The number of nitrogens with zero attached hydrogens (tertiary/aromatic N) is 2. The third-order valence-corrected chi connectivity index (χ3v) is 7.33. The van der Waals surface area contributed by atoms with Gasteiger partial charge >= 0.3 is 8.45 Å². The molecular weight excluding hydrogens is 375 g/mol. The molecule has 2 aromatic heterocycles. The molecule has 3 nitrogen and oxygen atoms in total. The number of rotatable bonds is 5. The van der Waals surface area contributed by atoms with Gasteiger partial charge in [-0.25, -0.2) is 0 Å². The number of hydrogen-bond acceptors (Lipinski definition) is 1. The van der Waals surface area contributed by atoms with Crippen molar-refractivity contribution in [1.82, 2.24) is 8.68 Å². The molecule has 0 atom stereocenters. The van der Waals surface area contributed by atoms with Crippen molar-refractivity contribution in [2.45, 2.75) is 34.6 Å². The van der Waals surface area contributed by atoms with Crippen LogP contribution in [0.2, 0.25) is 0 Å². The Morgan fingerprint density at radius 2 is 1.03 bits per heavy atom. The van der Waals surface area contributed by atoms with E-state index in [0.717, 1.165) is 5.75 Å². The van der Waals surface area contributed by atoms with Crippen LogP contribution >= 0.6 is 8.45 Å². The second kappa shape index (κ2) is 7.93. The predicted molar refractivity (Wildman–Crippen MR) is 123 cm³/mol. The Bertz CT molecular complexity index is 1090. The van der Waals surface area contributed by atoms with Crippen LogP contribution < -0.4 is 4.52 Å². The summed E-state index contributed by atoms with van der Waals surface area (Å²) in [6.07, 6.45) is 8.26. The first-order valence-electron chi connectivity index (χ1n) is 9.89. The van der Waals surface area contributed by atoms with Crippen LogP contribution in [0.4, 0.5) is 0 Å². The van der Waals surface area contributed by atoms with Crippen molar-refractivity contribution in [2.75, 3.05) is 0 Å². The van der Waals surface area contributed by atoms with Gasteiger partial charge in [-0.1, -0.05) is 18.2 Å². The molecule has 0 aliphatic heterocycles. The summed E-state index contributed by atoms with van der Waals surface area (Å²) in [7, 11) is -1.08. The maximum Gasteiger partial charge on any atom is 0.317 e. The molecule has 0 radical (unpaired) electrons. The van der Waals surface area contributed by atoms with E-state index in [2.05, 4.69) is 92.3 Å². The number of hydrogen-bond donors (Lipinski definition) is 0. The first-order chi connectivity index (χ1) is 14.0.